The minimum absolute atomic E-state index is 0.0345. The van der Waals surface area contributed by atoms with Gasteiger partial charge in [-0.3, -0.25) is 0 Å². The molecule has 0 saturated carbocycles. The number of hydrogen-bond acceptors (Lipinski definition) is 7. The van der Waals surface area contributed by atoms with Gasteiger partial charge in [0.25, 0.3) is 8.32 Å². The molecule has 0 radical (unpaired) electrons. The number of nitrogen functional groups attached to an aromatic ring is 2. The fraction of sp³-hybridized carbons (Fsp3) is 0.346. The number of anilines is 2. The van der Waals surface area contributed by atoms with Gasteiger partial charge in [-0.1, -0.05) is 81.4 Å². The van der Waals surface area contributed by atoms with Crippen LogP contribution in [0.4, 0.5) is 11.8 Å². The third-order valence-electron chi connectivity index (χ3n) is 6.73. The highest BCUT2D eigenvalue weighted by molar-refractivity contribution is 8.00. The van der Waals surface area contributed by atoms with Crippen LogP contribution in [0.3, 0.4) is 0 Å². The van der Waals surface area contributed by atoms with Crippen molar-refractivity contribution in [3.8, 4) is 0 Å². The van der Waals surface area contributed by atoms with E-state index in [4.69, 9.17) is 15.9 Å². The molecular weight excluding hydrogens is 472 g/mol. The van der Waals surface area contributed by atoms with Gasteiger partial charge in [-0.05, 0) is 28.3 Å². The van der Waals surface area contributed by atoms with Gasteiger partial charge >= 0.3 is 0 Å². The minimum atomic E-state index is -2.54. The van der Waals surface area contributed by atoms with Crippen LogP contribution in [-0.2, 0) is 4.43 Å². The first-order valence-electron chi connectivity index (χ1n) is 12.0. The smallest absolute Gasteiger partial charge is 0.261 e. The van der Waals surface area contributed by atoms with Crippen LogP contribution < -0.4 is 21.8 Å². The monoisotopic (exact) mass is 504 g/mol. The first-order chi connectivity index (χ1) is 16.8. The molecule has 0 spiro atoms. The molecule has 9 heteroatoms. The highest BCUT2D eigenvalue weighted by Crippen LogP contribution is 2.45. The summed E-state index contributed by atoms with van der Waals surface area (Å²) in [7, 11) is -2.54. The normalized spacial score (nSPS) is 18.8. The number of benzene rings is 2. The average Bonchev–Trinajstić information content (AvgIpc) is 3.47. The van der Waals surface area contributed by atoms with E-state index in [0.29, 0.717) is 28.8 Å². The largest absolute Gasteiger partial charge is 0.406 e. The Kier molecular flexibility index (Phi) is 6.33. The predicted octanol–water partition coefficient (Wildman–Crippen LogP) is 4.03. The van der Waals surface area contributed by atoms with Crippen molar-refractivity contribution in [2.45, 2.75) is 49.2 Å². The van der Waals surface area contributed by atoms with Gasteiger partial charge in [0.15, 0.2) is 11.5 Å². The maximum atomic E-state index is 7.16. The number of aromatic amines is 1. The van der Waals surface area contributed by atoms with Gasteiger partial charge in [0.1, 0.15) is 11.3 Å². The summed E-state index contributed by atoms with van der Waals surface area (Å²) in [6, 6.07) is 21.6. The van der Waals surface area contributed by atoms with Gasteiger partial charge in [-0.2, -0.15) is 9.97 Å². The van der Waals surface area contributed by atoms with Crippen LogP contribution >= 0.6 is 11.8 Å². The number of hydrogen-bond donors (Lipinski definition) is 3. The first kappa shape index (κ1) is 23.8. The van der Waals surface area contributed by atoms with Gasteiger partial charge in [-0.25, -0.2) is 4.98 Å². The molecule has 0 bridgehead atoms. The Morgan fingerprint density at radius 2 is 1.57 bits per heavy atom. The van der Waals surface area contributed by atoms with Crippen LogP contribution in [0.1, 0.15) is 44.7 Å². The number of H-pyrrole nitrogens is 1. The summed E-state index contributed by atoms with van der Waals surface area (Å²) < 4.78 is 7.16. The highest BCUT2D eigenvalue weighted by atomic mass is 32.2. The van der Waals surface area contributed by atoms with E-state index >= 15 is 0 Å². The molecule has 1 aliphatic rings. The number of imidazole rings is 1. The van der Waals surface area contributed by atoms with Gasteiger partial charge in [0.05, 0.1) is 5.25 Å². The average molecular weight is 505 g/mol. The summed E-state index contributed by atoms with van der Waals surface area (Å²) in [6.07, 6.45) is 2.08. The second-order valence-corrected chi connectivity index (χ2v) is 15.9. The van der Waals surface area contributed by atoms with Crippen molar-refractivity contribution in [2.24, 2.45) is 0 Å². The zero-order valence-electron chi connectivity index (χ0n) is 20.4. The summed E-state index contributed by atoms with van der Waals surface area (Å²) in [6.45, 7) is 7.64. The Hall–Kier alpha value is -2.88. The van der Waals surface area contributed by atoms with Crippen molar-refractivity contribution in [3.05, 3.63) is 66.5 Å². The Morgan fingerprint density at radius 3 is 2.17 bits per heavy atom. The maximum absolute atomic E-state index is 7.16. The fourth-order valence-corrected chi connectivity index (χ4v) is 11.2. The Labute approximate surface area is 211 Å². The fourth-order valence-electron chi connectivity index (χ4n) is 5.12. The molecule has 3 heterocycles. The molecule has 5 rings (SSSR count). The molecule has 1 fully saturated rings. The summed E-state index contributed by atoms with van der Waals surface area (Å²) >= 11 is 1.91. The zero-order valence-corrected chi connectivity index (χ0v) is 22.2. The molecular formula is C26H32N6OSSi. The number of fused-ring (bicyclic) bond motifs is 1. The number of nitrogens with one attached hydrogen (secondary N) is 1. The lowest BCUT2D eigenvalue weighted by Gasteiger charge is -2.43. The lowest BCUT2D eigenvalue weighted by atomic mass is 10.2. The molecule has 0 amide bonds. The third kappa shape index (κ3) is 4.44. The third-order valence-corrected chi connectivity index (χ3v) is 13.3. The van der Waals surface area contributed by atoms with Crippen LogP contribution in [0.15, 0.2) is 60.7 Å². The van der Waals surface area contributed by atoms with Gasteiger partial charge in [-0.15, -0.1) is 11.8 Å². The molecule has 2 aromatic heterocycles. The van der Waals surface area contributed by atoms with E-state index in [1.54, 1.807) is 0 Å². The second-order valence-electron chi connectivity index (χ2n) is 10.1. The van der Waals surface area contributed by atoms with E-state index in [-0.39, 0.29) is 16.2 Å². The molecule has 5 N–H and O–H groups in total. The Bertz CT molecular complexity index is 1270. The van der Waals surface area contributed by atoms with Crippen molar-refractivity contribution in [2.75, 3.05) is 18.1 Å². The van der Waals surface area contributed by atoms with Gasteiger partial charge in [0, 0.05) is 11.9 Å². The van der Waals surface area contributed by atoms with E-state index in [1.807, 2.05) is 11.8 Å². The zero-order chi connectivity index (χ0) is 24.6. The number of rotatable bonds is 6. The van der Waals surface area contributed by atoms with Crippen LogP contribution in [0.2, 0.25) is 5.04 Å². The van der Waals surface area contributed by atoms with Crippen LogP contribution in [0.5, 0.6) is 0 Å². The van der Waals surface area contributed by atoms with Gasteiger partial charge in [0.2, 0.25) is 5.95 Å². The molecule has 182 valence electrons. The van der Waals surface area contributed by atoms with E-state index in [2.05, 4.69) is 101 Å². The van der Waals surface area contributed by atoms with Crippen molar-refractivity contribution >= 4 is 53.4 Å². The summed E-state index contributed by atoms with van der Waals surface area (Å²) in [5, 5.41) is 3.19. The predicted molar refractivity (Wildman–Crippen MR) is 147 cm³/mol. The summed E-state index contributed by atoms with van der Waals surface area (Å²) in [4.78, 5) is 16.3. The molecule has 1 unspecified atom stereocenters. The molecule has 1 aliphatic heterocycles. The Balaban J connectivity index is 1.40. The molecule has 4 aromatic rings. The molecule has 2 aromatic carbocycles. The van der Waals surface area contributed by atoms with Crippen LogP contribution in [0, 0.1) is 0 Å². The molecule has 1 saturated heterocycles. The first-order valence-corrected chi connectivity index (χ1v) is 14.8. The van der Waals surface area contributed by atoms with Crippen LogP contribution in [0.25, 0.3) is 11.2 Å². The number of aromatic nitrogens is 4. The maximum Gasteiger partial charge on any atom is 0.261 e. The van der Waals surface area contributed by atoms with Crippen molar-refractivity contribution in [1.82, 2.24) is 19.9 Å². The number of nitrogens with zero attached hydrogens (tertiary/aromatic N) is 3. The van der Waals surface area contributed by atoms with Gasteiger partial charge < -0.3 is 20.9 Å². The lowest BCUT2D eigenvalue weighted by molar-refractivity contribution is 0.295. The quantitative estimate of drug-likeness (QED) is 0.340. The topological polar surface area (TPSA) is 116 Å². The highest BCUT2D eigenvalue weighted by Gasteiger charge is 2.50. The van der Waals surface area contributed by atoms with E-state index < -0.39 is 8.32 Å². The molecule has 35 heavy (non-hydrogen) atoms. The minimum Gasteiger partial charge on any atom is -0.406 e. The molecule has 7 nitrogen and oxygen atoms in total. The molecule has 0 aliphatic carbocycles. The van der Waals surface area contributed by atoms with Crippen molar-refractivity contribution in [3.63, 3.8) is 0 Å². The van der Waals surface area contributed by atoms with E-state index in [9.17, 15) is 0 Å². The second kappa shape index (κ2) is 9.29. The SMILES string of the molecule is CC(C)(C)[Si](OC[C@H]1CCC(c2nc3nc(N)nc(N)c3[nH]2)S1)(c1ccccc1)c1ccccc1. The summed E-state index contributed by atoms with van der Waals surface area (Å²) in [5.41, 5.74) is 12.9. The number of nitrogens with two attached hydrogens (primary N) is 2. The van der Waals surface area contributed by atoms with Crippen molar-refractivity contribution in [1.29, 1.82) is 0 Å². The Morgan fingerprint density at radius 1 is 0.943 bits per heavy atom. The van der Waals surface area contributed by atoms with Crippen LogP contribution in [-0.4, -0.2) is 40.1 Å². The number of thioether (sulfide) groups is 1. The van der Waals surface area contributed by atoms with E-state index in [0.717, 1.165) is 18.7 Å². The standard InChI is InChI=1S/C26H32N6OSSi/c1-26(2,3)35(18-10-6-4-7-11-18,19-12-8-5-9-13-19)33-16-17-14-15-20(34-17)23-29-21-22(27)30-25(28)32-24(21)31-23/h4-13,17,20H,14-16H2,1-3H3,(H5,27,28,29,30,31,32)/t17-,20?/m1/s1. The molecule has 2 atom stereocenters. The van der Waals surface area contributed by atoms with Crippen molar-refractivity contribution < 1.29 is 4.43 Å². The van der Waals surface area contributed by atoms with E-state index in [1.165, 1.54) is 10.4 Å². The lowest BCUT2D eigenvalue weighted by Crippen LogP contribution is -2.67. The summed E-state index contributed by atoms with van der Waals surface area (Å²) in [5.74, 6) is 1.36.